The fraction of sp³-hybridized carbons (Fsp3) is 0.667. The molecule has 0 radical (unpaired) electrons. The molecule has 102 valence electrons. The van der Waals surface area contributed by atoms with E-state index in [1.165, 1.54) is 6.33 Å². The highest BCUT2D eigenvalue weighted by Gasteiger charge is 2.11. The van der Waals surface area contributed by atoms with Crippen molar-refractivity contribution < 1.29 is 9.84 Å². The van der Waals surface area contributed by atoms with Gasteiger partial charge in [-0.25, -0.2) is 9.97 Å². The first kappa shape index (κ1) is 14.7. The molecule has 1 atom stereocenters. The lowest BCUT2D eigenvalue weighted by Gasteiger charge is -2.18. The molecular formula is C12H22N4O2. The van der Waals surface area contributed by atoms with Gasteiger partial charge in [-0.2, -0.15) is 0 Å². The van der Waals surface area contributed by atoms with Crippen LogP contribution in [0.15, 0.2) is 6.33 Å². The Bertz CT molecular complexity index is 360. The predicted molar refractivity (Wildman–Crippen MR) is 71.9 cm³/mol. The molecule has 1 unspecified atom stereocenters. The van der Waals surface area contributed by atoms with Crippen LogP contribution in [-0.4, -0.2) is 48.0 Å². The van der Waals surface area contributed by atoms with Crippen LogP contribution >= 0.6 is 0 Å². The molecule has 0 saturated heterocycles. The van der Waals surface area contributed by atoms with Gasteiger partial charge < -0.3 is 20.5 Å². The first-order valence-corrected chi connectivity index (χ1v) is 6.14. The summed E-state index contributed by atoms with van der Waals surface area (Å²) >= 11 is 0. The number of anilines is 2. The van der Waals surface area contributed by atoms with E-state index in [1.54, 1.807) is 7.11 Å². The Morgan fingerprint density at radius 1 is 1.39 bits per heavy atom. The maximum absolute atomic E-state index is 9.22. The van der Waals surface area contributed by atoms with Gasteiger partial charge in [-0.15, -0.1) is 0 Å². The average Bonchev–Trinajstić information content (AvgIpc) is 2.39. The number of aliphatic hydroxyl groups is 1. The van der Waals surface area contributed by atoms with Gasteiger partial charge >= 0.3 is 0 Å². The summed E-state index contributed by atoms with van der Waals surface area (Å²) in [5.74, 6) is 1.54. The quantitative estimate of drug-likeness (QED) is 0.643. The Labute approximate surface area is 108 Å². The Balaban J connectivity index is 2.75. The van der Waals surface area contributed by atoms with Crippen molar-refractivity contribution in [3.05, 3.63) is 11.9 Å². The highest BCUT2D eigenvalue weighted by Crippen LogP contribution is 2.18. The summed E-state index contributed by atoms with van der Waals surface area (Å²) in [5.41, 5.74) is 0.945. The standard InChI is InChI=1S/C12H22N4O2/c1-4-5-13-11-9(2)12(15-8-14-11)16-10(6-17)7-18-3/h8,10,17H,4-7H2,1-3H3,(H2,13,14,15,16). The number of hydrogen-bond donors (Lipinski definition) is 3. The molecule has 0 spiro atoms. The van der Waals surface area contributed by atoms with Crippen molar-refractivity contribution in [3.8, 4) is 0 Å². The molecule has 0 aliphatic carbocycles. The molecule has 1 aromatic heterocycles. The van der Waals surface area contributed by atoms with Gasteiger partial charge in [-0.3, -0.25) is 0 Å². The molecule has 0 fully saturated rings. The van der Waals surface area contributed by atoms with Crippen molar-refractivity contribution in [2.45, 2.75) is 26.3 Å². The zero-order valence-corrected chi connectivity index (χ0v) is 11.2. The molecule has 0 amide bonds. The average molecular weight is 254 g/mol. The minimum absolute atomic E-state index is 0.00496. The Hall–Kier alpha value is -1.40. The molecule has 3 N–H and O–H groups in total. The van der Waals surface area contributed by atoms with Gasteiger partial charge in [0.05, 0.1) is 19.3 Å². The van der Waals surface area contributed by atoms with Crippen LogP contribution in [-0.2, 0) is 4.74 Å². The third-order valence-corrected chi connectivity index (χ3v) is 2.56. The van der Waals surface area contributed by atoms with E-state index in [-0.39, 0.29) is 12.6 Å². The summed E-state index contributed by atoms with van der Waals surface area (Å²) in [5, 5.41) is 15.6. The number of rotatable bonds is 8. The second-order valence-corrected chi connectivity index (χ2v) is 4.10. The molecule has 6 heteroatoms. The molecule has 1 aromatic rings. The van der Waals surface area contributed by atoms with Crippen LogP contribution in [0.2, 0.25) is 0 Å². The molecule has 1 heterocycles. The van der Waals surface area contributed by atoms with Crippen LogP contribution in [0.1, 0.15) is 18.9 Å². The summed E-state index contributed by atoms with van der Waals surface area (Å²) in [6, 6.07) is -0.164. The molecule has 18 heavy (non-hydrogen) atoms. The van der Waals surface area contributed by atoms with Crippen LogP contribution in [0.5, 0.6) is 0 Å². The second-order valence-electron chi connectivity index (χ2n) is 4.10. The molecule has 0 aliphatic heterocycles. The summed E-state index contributed by atoms with van der Waals surface area (Å²) < 4.78 is 5.02. The minimum atomic E-state index is -0.164. The van der Waals surface area contributed by atoms with Crippen molar-refractivity contribution >= 4 is 11.6 Å². The number of methoxy groups -OCH3 is 1. The lowest BCUT2D eigenvalue weighted by Crippen LogP contribution is -2.29. The van der Waals surface area contributed by atoms with Crippen LogP contribution in [0, 0.1) is 6.92 Å². The summed E-state index contributed by atoms with van der Waals surface area (Å²) in [7, 11) is 1.60. The van der Waals surface area contributed by atoms with Crippen LogP contribution in [0.25, 0.3) is 0 Å². The topological polar surface area (TPSA) is 79.3 Å². The van der Waals surface area contributed by atoms with Crippen molar-refractivity contribution in [1.29, 1.82) is 0 Å². The van der Waals surface area contributed by atoms with E-state index < -0.39 is 0 Å². The number of nitrogens with one attached hydrogen (secondary N) is 2. The van der Waals surface area contributed by atoms with E-state index in [4.69, 9.17) is 4.74 Å². The van der Waals surface area contributed by atoms with Gasteiger partial charge in [0.1, 0.15) is 18.0 Å². The Kier molecular flexibility index (Phi) is 6.38. The van der Waals surface area contributed by atoms with Crippen molar-refractivity contribution in [1.82, 2.24) is 9.97 Å². The monoisotopic (exact) mass is 254 g/mol. The Morgan fingerprint density at radius 2 is 2.11 bits per heavy atom. The minimum Gasteiger partial charge on any atom is -0.394 e. The summed E-state index contributed by atoms with van der Waals surface area (Å²) in [4.78, 5) is 8.39. The molecular weight excluding hydrogens is 232 g/mol. The fourth-order valence-corrected chi connectivity index (χ4v) is 1.55. The van der Waals surface area contributed by atoms with Gasteiger partial charge in [0.2, 0.25) is 0 Å². The van der Waals surface area contributed by atoms with Gasteiger partial charge in [0, 0.05) is 19.2 Å². The predicted octanol–water partition coefficient (Wildman–Crippen LogP) is 1.03. The third kappa shape index (κ3) is 4.12. The van der Waals surface area contributed by atoms with Gasteiger partial charge in [0.15, 0.2) is 0 Å². The molecule has 6 nitrogen and oxygen atoms in total. The van der Waals surface area contributed by atoms with Crippen LogP contribution in [0.4, 0.5) is 11.6 Å². The fourth-order valence-electron chi connectivity index (χ4n) is 1.55. The van der Waals surface area contributed by atoms with Crippen molar-refractivity contribution in [3.63, 3.8) is 0 Å². The first-order chi connectivity index (χ1) is 8.72. The maximum Gasteiger partial charge on any atom is 0.134 e. The zero-order chi connectivity index (χ0) is 13.4. The van der Waals surface area contributed by atoms with Crippen molar-refractivity contribution in [2.75, 3.05) is 37.5 Å². The normalized spacial score (nSPS) is 12.2. The van der Waals surface area contributed by atoms with E-state index in [0.29, 0.717) is 6.61 Å². The van der Waals surface area contributed by atoms with Crippen LogP contribution < -0.4 is 10.6 Å². The summed E-state index contributed by atoms with van der Waals surface area (Å²) in [6.07, 6.45) is 2.55. The SMILES string of the molecule is CCCNc1ncnc(NC(CO)COC)c1C. The number of aromatic nitrogens is 2. The maximum atomic E-state index is 9.22. The number of nitrogens with zero attached hydrogens (tertiary/aromatic N) is 2. The number of ether oxygens (including phenoxy) is 1. The van der Waals surface area contributed by atoms with Gasteiger partial charge in [-0.05, 0) is 13.3 Å². The largest absolute Gasteiger partial charge is 0.394 e. The van der Waals surface area contributed by atoms with Crippen LogP contribution in [0.3, 0.4) is 0 Å². The van der Waals surface area contributed by atoms with E-state index in [2.05, 4.69) is 27.5 Å². The lowest BCUT2D eigenvalue weighted by molar-refractivity contribution is 0.153. The second kappa shape index (κ2) is 7.84. The highest BCUT2D eigenvalue weighted by molar-refractivity contribution is 5.56. The van der Waals surface area contributed by atoms with Crippen molar-refractivity contribution in [2.24, 2.45) is 0 Å². The third-order valence-electron chi connectivity index (χ3n) is 2.56. The zero-order valence-electron chi connectivity index (χ0n) is 11.2. The lowest BCUT2D eigenvalue weighted by atomic mass is 10.2. The molecule has 0 aromatic carbocycles. The van der Waals surface area contributed by atoms with Gasteiger partial charge in [0.25, 0.3) is 0 Å². The van der Waals surface area contributed by atoms with E-state index in [9.17, 15) is 5.11 Å². The van der Waals surface area contributed by atoms with E-state index in [1.807, 2.05) is 6.92 Å². The molecule has 0 bridgehead atoms. The first-order valence-electron chi connectivity index (χ1n) is 6.14. The smallest absolute Gasteiger partial charge is 0.134 e. The summed E-state index contributed by atoms with van der Waals surface area (Å²) in [6.45, 7) is 5.34. The molecule has 1 rings (SSSR count). The Morgan fingerprint density at radius 3 is 2.72 bits per heavy atom. The van der Waals surface area contributed by atoms with E-state index >= 15 is 0 Å². The van der Waals surface area contributed by atoms with Gasteiger partial charge in [-0.1, -0.05) is 6.92 Å². The number of hydrogen-bond acceptors (Lipinski definition) is 6. The van der Waals surface area contributed by atoms with E-state index in [0.717, 1.165) is 30.2 Å². The number of aliphatic hydroxyl groups excluding tert-OH is 1. The molecule has 0 aliphatic rings. The molecule has 0 saturated carbocycles. The highest BCUT2D eigenvalue weighted by atomic mass is 16.5.